The second-order valence-corrected chi connectivity index (χ2v) is 10.3. The van der Waals surface area contributed by atoms with E-state index in [1.54, 1.807) is 4.90 Å². The summed E-state index contributed by atoms with van der Waals surface area (Å²) in [6.45, 7) is 8.85. The van der Waals surface area contributed by atoms with Gasteiger partial charge in [0, 0.05) is 12.6 Å². The van der Waals surface area contributed by atoms with Crippen LogP contribution in [0.1, 0.15) is 70.9 Å². The largest absolute Gasteiger partial charge is 0.484 e. The Labute approximate surface area is 204 Å². The highest BCUT2D eigenvalue weighted by atomic mass is 16.5. The van der Waals surface area contributed by atoms with Crippen LogP contribution in [0.2, 0.25) is 0 Å². The molecule has 0 spiro atoms. The zero-order chi connectivity index (χ0) is 24.6. The molecule has 1 saturated carbocycles. The molecular formula is C29H40N2O3. The van der Waals surface area contributed by atoms with Crippen LogP contribution < -0.4 is 10.1 Å². The third kappa shape index (κ3) is 7.34. The fraction of sp³-hybridized carbons (Fsp3) is 0.517. The Morgan fingerprint density at radius 3 is 2.26 bits per heavy atom. The zero-order valence-corrected chi connectivity index (χ0v) is 21.2. The van der Waals surface area contributed by atoms with Crippen molar-refractivity contribution in [1.29, 1.82) is 0 Å². The van der Waals surface area contributed by atoms with Gasteiger partial charge < -0.3 is 15.0 Å². The minimum absolute atomic E-state index is 0.0506. The molecule has 1 aliphatic carbocycles. The van der Waals surface area contributed by atoms with Gasteiger partial charge in [-0.2, -0.15) is 0 Å². The molecule has 0 radical (unpaired) electrons. The minimum atomic E-state index is -0.497. The smallest absolute Gasteiger partial charge is 0.261 e. The van der Waals surface area contributed by atoms with E-state index in [0.717, 1.165) is 31.2 Å². The molecule has 0 aromatic heterocycles. The lowest BCUT2D eigenvalue weighted by Crippen LogP contribution is -2.52. The summed E-state index contributed by atoms with van der Waals surface area (Å²) >= 11 is 0. The predicted molar refractivity (Wildman–Crippen MR) is 137 cm³/mol. The van der Waals surface area contributed by atoms with Crippen molar-refractivity contribution in [3.8, 4) is 5.75 Å². The summed E-state index contributed by atoms with van der Waals surface area (Å²) in [5.41, 5.74) is 2.42. The highest BCUT2D eigenvalue weighted by Gasteiger charge is 2.30. The highest BCUT2D eigenvalue weighted by Crippen LogP contribution is 2.24. The van der Waals surface area contributed by atoms with E-state index >= 15 is 0 Å². The van der Waals surface area contributed by atoms with Gasteiger partial charge in [0.1, 0.15) is 11.8 Å². The number of amides is 2. The van der Waals surface area contributed by atoms with Gasteiger partial charge in [0.25, 0.3) is 5.91 Å². The molecule has 0 saturated heterocycles. The molecule has 1 aliphatic rings. The Morgan fingerprint density at radius 1 is 1.03 bits per heavy atom. The van der Waals surface area contributed by atoms with Crippen molar-refractivity contribution in [2.45, 2.75) is 83.7 Å². The van der Waals surface area contributed by atoms with Gasteiger partial charge in [-0.15, -0.1) is 0 Å². The maximum atomic E-state index is 13.3. The number of benzene rings is 2. The third-order valence-corrected chi connectivity index (χ3v) is 6.65. The predicted octanol–water partition coefficient (Wildman–Crippen LogP) is 5.27. The Hall–Kier alpha value is -2.82. The summed E-state index contributed by atoms with van der Waals surface area (Å²) in [7, 11) is 0. The Bertz CT molecular complexity index is 913. The minimum Gasteiger partial charge on any atom is -0.484 e. The van der Waals surface area contributed by atoms with Crippen LogP contribution in [0.3, 0.4) is 0 Å². The van der Waals surface area contributed by atoms with E-state index in [4.69, 9.17) is 4.74 Å². The lowest BCUT2D eigenvalue weighted by Gasteiger charge is -2.31. The Morgan fingerprint density at radius 2 is 1.68 bits per heavy atom. The molecule has 2 aromatic carbocycles. The molecular weight excluding hydrogens is 424 g/mol. The topological polar surface area (TPSA) is 58.6 Å². The van der Waals surface area contributed by atoms with Crippen LogP contribution >= 0.6 is 0 Å². The molecule has 184 valence electrons. The van der Waals surface area contributed by atoms with Gasteiger partial charge in [-0.3, -0.25) is 9.59 Å². The van der Waals surface area contributed by atoms with Crippen LogP contribution in [0.25, 0.3) is 0 Å². The van der Waals surface area contributed by atoms with Gasteiger partial charge in [0.2, 0.25) is 5.91 Å². The van der Waals surface area contributed by atoms with Crippen LogP contribution in [0, 0.1) is 0 Å². The van der Waals surface area contributed by atoms with Gasteiger partial charge in [0.05, 0.1) is 0 Å². The monoisotopic (exact) mass is 464 g/mol. The number of hydrogen-bond acceptors (Lipinski definition) is 3. The van der Waals surface area contributed by atoms with E-state index in [0.29, 0.717) is 25.1 Å². The molecule has 1 fully saturated rings. The number of nitrogens with one attached hydrogen (secondary N) is 1. The van der Waals surface area contributed by atoms with E-state index in [1.807, 2.05) is 49.4 Å². The fourth-order valence-electron chi connectivity index (χ4n) is 4.54. The van der Waals surface area contributed by atoms with Crippen molar-refractivity contribution in [3.63, 3.8) is 0 Å². The first-order chi connectivity index (χ1) is 16.3. The number of ether oxygens (including phenoxy) is 1. The molecule has 3 rings (SSSR count). The quantitative estimate of drug-likeness (QED) is 0.521. The SMILES string of the molecule is CC[C@H](C(=O)NC1CCCC1)N(CCc1ccccc1)C(=O)COc1ccc(C(C)(C)C)cc1. The number of carbonyl (C=O) groups is 2. The van der Waals surface area contributed by atoms with Gasteiger partial charge in [0.15, 0.2) is 6.61 Å². The summed E-state index contributed by atoms with van der Waals surface area (Å²) < 4.78 is 5.85. The van der Waals surface area contributed by atoms with E-state index in [9.17, 15) is 9.59 Å². The lowest BCUT2D eigenvalue weighted by atomic mass is 9.87. The van der Waals surface area contributed by atoms with Crippen molar-refractivity contribution in [3.05, 3.63) is 65.7 Å². The van der Waals surface area contributed by atoms with Crippen molar-refractivity contribution in [2.24, 2.45) is 0 Å². The average molecular weight is 465 g/mol. The molecule has 0 aliphatic heterocycles. The van der Waals surface area contributed by atoms with Crippen molar-refractivity contribution in [2.75, 3.05) is 13.2 Å². The highest BCUT2D eigenvalue weighted by molar-refractivity contribution is 5.88. The number of rotatable bonds is 10. The second kappa shape index (κ2) is 12.0. The molecule has 5 heteroatoms. The van der Waals surface area contributed by atoms with Crippen molar-refractivity contribution < 1.29 is 14.3 Å². The summed E-state index contributed by atoms with van der Waals surface area (Å²) in [6, 6.07) is 17.7. The second-order valence-electron chi connectivity index (χ2n) is 10.3. The summed E-state index contributed by atoms with van der Waals surface area (Å²) in [4.78, 5) is 28.2. The van der Waals surface area contributed by atoms with E-state index < -0.39 is 6.04 Å². The Balaban J connectivity index is 1.68. The summed E-state index contributed by atoms with van der Waals surface area (Å²) in [6.07, 6.45) is 5.61. The number of carbonyl (C=O) groups excluding carboxylic acids is 2. The molecule has 34 heavy (non-hydrogen) atoms. The van der Waals surface area contributed by atoms with Gasteiger partial charge in [-0.25, -0.2) is 0 Å². The number of hydrogen-bond donors (Lipinski definition) is 1. The van der Waals surface area contributed by atoms with Crippen LogP contribution in [-0.4, -0.2) is 41.9 Å². The van der Waals surface area contributed by atoms with Gasteiger partial charge in [-0.05, 0) is 54.4 Å². The first-order valence-electron chi connectivity index (χ1n) is 12.6. The zero-order valence-electron chi connectivity index (χ0n) is 21.2. The summed E-state index contributed by atoms with van der Waals surface area (Å²) in [5, 5.41) is 3.18. The van der Waals surface area contributed by atoms with E-state index in [1.165, 1.54) is 5.56 Å². The van der Waals surface area contributed by atoms with Gasteiger partial charge in [-0.1, -0.05) is 83.0 Å². The molecule has 5 nitrogen and oxygen atoms in total. The van der Waals surface area contributed by atoms with E-state index in [2.05, 4.69) is 38.2 Å². The number of nitrogens with zero attached hydrogens (tertiary/aromatic N) is 1. The molecule has 0 unspecified atom stereocenters. The summed E-state index contributed by atoms with van der Waals surface area (Å²) in [5.74, 6) is 0.447. The van der Waals surface area contributed by atoms with Gasteiger partial charge >= 0.3 is 0 Å². The van der Waals surface area contributed by atoms with E-state index in [-0.39, 0.29) is 29.9 Å². The average Bonchev–Trinajstić information content (AvgIpc) is 3.33. The maximum absolute atomic E-state index is 13.3. The van der Waals surface area contributed by atoms with Crippen molar-refractivity contribution >= 4 is 11.8 Å². The third-order valence-electron chi connectivity index (χ3n) is 6.65. The van der Waals surface area contributed by atoms with Crippen LogP contribution in [-0.2, 0) is 21.4 Å². The normalized spacial score (nSPS) is 15.1. The van der Waals surface area contributed by atoms with Crippen LogP contribution in [0.5, 0.6) is 5.75 Å². The molecule has 2 amide bonds. The van der Waals surface area contributed by atoms with Crippen LogP contribution in [0.4, 0.5) is 0 Å². The standard InChI is InChI=1S/C29H40N2O3/c1-5-26(28(33)30-24-13-9-10-14-24)31(20-19-22-11-7-6-8-12-22)27(32)21-34-25-17-15-23(16-18-25)29(2,3)4/h6-8,11-12,15-18,24,26H,5,9-10,13-14,19-21H2,1-4H3,(H,30,33)/t26-/m1/s1. The first-order valence-corrected chi connectivity index (χ1v) is 12.6. The fourth-order valence-corrected chi connectivity index (χ4v) is 4.54. The molecule has 1 atom stereocenters. The van der Waals surface area contributed by atoms with Crippen molar-refractivity contribution in [1.82, 2.24) is 10.2 Å². The maximum Gasteiger partial charge on any atom is 0.261 e. The molecule has 0 bridgehead atoms. The molecule has 2 aromatic rings. The van der Waals surface area contributed by atoms with Crippen LogP contribution in [0.15, 0.2) is 54.6 Å². The Kier molecular flexibility index (Phi) is 9.14. The lowest BCUT2D eigenvalue weighted by molar-refractivity contribution is -0.142. The first kappa shape index (κ1) is 25.8. The molecule has 0 heterocycles. The molecule has 1 N–H and O–H groups in total.